The first-order chi connectivity index (χ1) is 10.6. The predicted molar refractivity (Wildman–Crippen MR) is 74.6 cm³/mol. The number of nitrogens with zero attached hydrogens (tertiary/aromatic N) is 2. The summed E-state index contributed by atoms with van der Waals surface area (Å²) in [6.45, 7) is 0. The average molecular weight is 348 g/mol. The first-order valence-corrected chi connectivity index (χ1v) is 6.42. The highest BCUT2D eigenvalue weighted by Gasteiger charge is 2.31. The van der Waals surface area contributed by atoms with Gasteiger partial charge in [-0.3, -0.25) is 9.48 Å². The Labute approximate surface area is 132 Å². The van der Waals surface area contributed by atoms with Crippen LogP contribution in [0.25, 0.3) is 0 Å². The van der Waals surface area contributed by atoms with Crippen LogP contribution in [0.3, 0.4) is 0 Å². The summed E-state index contributed by atoms with van der Waals surface area (Å²) in [5, 5.41) is 14.7. The summed E-state index contributed by atoms with van der Waals surface area (Å²) >= 11 is 5.76. The molecular weight excluding hydrogens is 339 g/mol. The lowest BCUT2D eigenvalue weighted by molar-refractivity contribution is -0.137. The summed E-state index contributed by atoms with van der Waals surface area (Å²) in [4.78, 5) is 23.1. The van der Waals surface area contributed by atoms with Crippen molar-refractivity contribution >= 4 is 29.2 Å². The molecule has 1 aromatic heterocycles. The van der Waals surface area contributed by atoms with Gasteiger partial charge in [0, 0.05) is 13.2 Å². The van der Waals surface area contributed by atoms with E-state index in [0.717, 1.165) is 23.0 Å². The standard InChI is InChI=1S/C13H9ClF3N3O3/c1-20-5-7(12(22)23)10(19-20)11(21)18-9-4-6(13(15,16)17)2-3-8(9)14/h2-5H,1H3,(H,18,21)(H,22,23). The Morgan fingerprint density at radius 2 is 2.00 bits per heavy atom. The Morgan fingerprint density at radius 3 is 2.57 bits per heavy atom. The highest BCUT2D eigenvalue weighted by Crippen LogP contribution is 2.34. The van der Waals surface area contributed by atoms with E-state index in [1.807, 2.05) is 0 Å². The molecule has 0 fully saturated rings. The average Bonchev–Trinajstić information content (AvgIpc) is 2.82. The van der Waals surface area contributed by atoms with E-state index in [0.29, 0.717) is 6.07 Å². The van der Waals surface area contributed by atoms with Crippen molar-refractivity contribution in [1.29, 1.82) is 0 Å². The van der Waals surface area contributed by atoms with Gasteiger partial charge in [-0.25, -0.2) is 4.79 Å². The Kier molecular flexibility index (Phi) is 4.33. The predicted octanol–water partition coefficient (Wildman–Crippen LogP) is 3.04. The third-order valence-electron chi connectivity index (χ3n) is 2.82. The lowest BCUT2D eigenvalue weighted by Crippen LogP contribution is -2.17. The summed E-state index contributed by atoms with van der Waals surface area (Å²) in [6.07, 6.45) is -3.51. The molecule has 0 radical (unpaired) electrons. The molecule has 122 valence electrons. The zero-order valence-corrected chi connectivity index (χ0v) is 12.2. The molecule has 0 bridgehead atoms. The maximum Gasteiger partial charge on any atom is 0.416 e. The van der Waals surface area contributed by atoms with E-state index in [1.54, 1.807) is 0 Å². The van der Waals surface area contributed by atoms with Gasteiger partial charge >= 0.3 is 12.1 Å². The Hall–Kier alpha value is -2.55. The van der Waals surface area contributed by atoms with Gasteiger partial charge in [-0.05, 0) is 18.2 Å². The number of halogens is 4. The van der Waals surface area contributed by atoms with E-state index >= 15 is 0 Å². The number of aryl methyl sites for hydroxylation is 1. The van der Waals surface area contributed by atoms with Crippen LogP contribution in [0.15, 0.2) is 24.4 Å². The molecule has 1 aromatic carbocycles. The minimum absolute atomic E-state index is 0.126. The van der Waals surface area contributed by atoms with Gasteiger partial charge in [0.15, 0.2) is 5.69 Å². The fourth-order valence-corrected chi connectivity index (χ4v) is 1.96. The van der Waals surface area contributed by atoms with Gasteiger partial charge in [0.05, 0.1) is 16.3 Å². The van der Waals surface area contributed by atoms with Crippen LogP contribution in [-0.4, -0.2) is 26.8 Å². The minimum Gasteiger partial charge on any atom is -0.478 e. The van der Waals surface area contributed by atoms with Crippen LogP contribution in [0.1, 0.15) is 26.4 Å². The highest BCUT2D eigenvalue weighted by molar-refractivity contribution is 6.34. The number of alkyl halides is 3. The number of rotatable bonds is 3. The van der Waals surface area contributed by atoms with Crippen LogP contribution in [0.2, 0.25) is 5.02 Å². The van der Waals surface area contributed by atoms with Crippen LogP contribution in [0.4, 0.5) is 18.9 Å². The number of nitrogens with one attached hydrogen (secondary N) is 1. The fraction of sp³-hybridized carbons (Fsp3) is 0.154. The molecule has 10 heteroatoms. The van der Waals surface area contributed by atoms with E-state index in [-0.39, 0.29) is 16.3 Å². The quantitative estimate of drug-likeness (QED) is 0.893. The Morgan fingerprint density at radius 1 is 1.35 bits per heavy atom. The number of hydrogen-bond acceptors (Lipinski definition) is 3. The van der Waals surface area contributed by atoms with Crippen molar-refractivity contribution in [2.75, 3.05) is 5.32 Å². The molecule has 0 aliphatic rings. The molecule has 2 rings (SSSR count). The summed E-state index contributed by atoms with van der Waals surface area (Å²) in [6, 6.07) is 2.40. The number of hydrogen-bond donors (Lipinski definition) is 2. The Bertz CT molecular complexity index is 787. The summed E-state index contributed by atoms with van der Waals surface area (Å²) in [5.41, 5.74) is -2.12. The molecule has 0 aliphatic carbocycles. The van der Waals surface area contributed by atoms with Crippen molar-refractivity contribution in [3.63, 3.8) is 0 Å². The van der Waals surface area contributed by atoms with Crippen molar-refractivity contribution in [2.24, 2.45) is 7.05 Å². The molecule has 1 amide bonds. The summed E-state index contributed by atoms with van der Waals surface area (Å²) in [7, 11) is 1.40. The van der Waals surface area contributed by atoms with E-state index in [2.05, 4.69) is 10.4 Å². The van der Waals surface area contributed by atoms with Crippen molar-refractivity contribution < 1.29 is 27.9 Å². The summed E-state index contributed by atoms with van der Waals surface area (Å²) < 4.78 is 39.2. The van der Waals surface area contributed by atoms with Crippen LogP contribution in [0, 0.1) is 0 Å². The number of benzene rings is 1. The van der Waals surface area contributed by atoms with Crippen molar-refractivity contribution in [2.45, 2.75) is 6.18 Å². The molecule has 0 aliphatic heterocycles. The van der Waals surface area contributed by atoms with Gasteiger partial charge in [0.25, 0.3) is 5.91 Å². The molecule has 0 saturated carbocycles. The van der Waals surface area contributed by atoms with Crippen LogP contribution in [-0.2, 0) is 13.2 Å². The molecule has 23 heavy (non-hydrogen) atoms. The number of carbonyl (C=O) groups is 2. The number of aromatic carboxylic acids is 1. The highest BCUT2D eigenvalue weighted by atomic mass is 35.5. The molecule has 0 saturated heterocycles. The van der Waals surface area contributed by atoms with Gasteiger partial charge in [0.1, 0.15) is 5.56 Å². The number of carbonyl (C=O) groups excluding carboxylic acids is 1. The van der Waals surface area contributed by atoms with Gasteiger partial charge in [-0.1, -0.05) is 11.6 Å². The lowest BCUT2D eigenvalue weighted by atomic mass is 10.2. The SMILES string of the molecule is Cn1cc(C(=O)O)c(C(=O)Nc2cc(C(F)(F)F)ccc2Cl)n1. The Balaban J connectivity index is 2.36. The monoisotopic (exact) mass is 347 g/mol. The molecule has 0 spiro atoms. The molecule has 0 unspecified atom stereocenters. The zero-order chi connectivity index (χ0) is 17.4. The van der Waals surface area contributed by atoms with Crippen LogP contribution in [0.5, 0.6) is 0 Å². The van der Waals surface area contributed by atoms with Gasteiger partial charge in [-0.15, -0.1) is 0 Å². The van der Waals surface area contributed by atoms with Gasteiger partial charge in [-0.2, -0.15) is 18.3 Å². The van der Waals surface area contributed by atoms with Crippen molar-refractivity contribution in [3.8, 4) is 0 Å². The van der Waals surface area contributed by atoms with Crippen LogP contribution >= 0.6 is 11.6 Å². The van der Waals surface area contributed by atoms with Crippen molar-refractivity contribution in [1.82, 2.24) is 9.78 Å². The molecule has 0 atom stereocenters. The number of aromatic nitrogens is 2. The van der Waals surface area contributed by atoms with E-state index in [1.165, 1.54) is 7.05 Å². The fourth-order valence-electron chi connectivity index (χ4n) is 1.79. The van der Waals surface area contributed by atoms with E-state index in [9.17, 15) is 22.8 Å². The summed E-state index contributed by atoms with van der Waals surface area (Å²) in [5.74, 6) is -2.37. The topological polar surface area (TPSA) is 84.2 Å². The second kappa shape index (κ2) is 5.92. The van der Waals surface area contributed by atoms with Gasteiger partial charge in [0.2, 0.25) is 0 Å². The first-order valence-electron chi connectivity index (χ1n) is 6.04. The number of anilines is 1. The second-order valence-electron chi connectivity index (χ2n) is 4.52. The van der Waals surface area contributed by atoms with E-state index in [4.69, 9.17) is 16.7 Å². The third-order valence-corrected chi connectivity index (χ3v) is 3.15. The maximum absolute atomic E-state index is 12.7. The molecule has 2 aromatic rings. The molecule has 2 N–H and O–H groups in total. The first kappa shape index (κ1) is 16.8. The van der Waals surface area contributed by atoms with Crippen molar-refractivity contribution in [3.05, 3.63) is 46.2 Å². The lowest BCUT2D eigenvalue weighted by Gasteiger charge is -2.11. The number of carboxylic acid groups (broad SMARTS) is 1. The third kappa shape index (κ3) is 3.62. The zero-order valence-electron chi connectivity index (χ0n) is 11.5. The molecule has 1 heterocycles. The van der Waals surface area contributed by atoms with E-state index < -0.39 is 29.3 Å². The maximum atomic E-state index is 12.7. The normalized spacial score (nSPS) is 11.3. The smallest absolute Gasteiger partial charge is 0.416 e. The molecular formula is C13H9ClF3N3O3. The second-order valence-corrected chi connectivity index (χ2v) is 4.92. The largest absolute Gasteiger partial charge is 0.478 e. The number of amides is 1. The van der Waals surface area contributed by atoms with Crippen LogP contribution < -0.4 is 5.32 Å². The molecule has 6 nitrogen and oxygen atoms in total. The van der Waals surface area contributed by atoms with Gasteiger partial charge < -0.3 is 10.4 Å². The number of carboxylic acids is 1. The minimum atomic E-state index is -4.61.